The second kappa shape index (κ2) is 5.30. The predicted molar refractivity (Wildman–Crippen MR) is 52.7 cm³/mol. The molecular weight excluding hydrogens is 200 g/mol. The Morgan fingerprint density at radius 3 is 3.00 bits per heavy atom. The molecule has 84 valence electrons. The summed E-state index contributed by atoms with van der Waals surface area (Å²) < 4.78 is 9.85. The van der Waals surface area contributed by atoms with E-state index in [4.69, 9.17) is 9.47 Å². The molecule has 1 aromatic rings. The Bertz CT molecular complexity index is 325. The van der Waals surface area contributed by atoms with Gasteiger partial charge in [0.15, 0.2) is 0 Å². The molecule has 0 aliphatic carbocycles. The van der Waals surface area contributed by atoms with Crippen molar-refractivity contribution in [2.24, 2.45) is 0 Å². The zero-order valence-electron chi connectivity index (χ0n) is 8.90. The number of nitrogens with zero attached hydrogens (tertiary/aromatic N) is 2. The Morgan fingerprint density at radius 1 is 1.67 bits per heavy atom. The lowest BCUT2D eigenvalue weighted by Gasteiger charge is -2.07. The molecule has 7 heteroatoms. The smallest absolute Gasteiger partial charge is 0.337 e. The van der Waals surface area contributed by atoms with Crippen LogP contribution in [-0.2, 0) is 9.53 Å². The second-order valence-corrected chi connectivity index (χ2v) is 2.77. The van der Waals surface area contributed by atoms with E-state index in [1.807, 2.05) is 6.92 Å². The van der Waals surface area contributed by atoms with Crippen molar-refractivity contribution in [2.75, 3.05) is 19.0 Å². The van der Waals surface area contributed by atoms with Gasteiger partial charge in [0, 0.05) is 7.11 Å². The topological polar surface area (TPSA) is 89.1 Å². The van der Waals surface area contributed by atoms with Crippen LogP contribution in [0.3, 0.4) is 0 Å². The molecule has 1 heterocycles. The third kappa shape index (κ3) is 3.21. The van der Waals surface area contributed by atoms with Crippen molar-refractivity contribution in [2.45, 2.75) is 20.0 Å². The number of aromatic nitrogens is 3. The van der Waals surface area contributed by atoms with Gasteiger partial charge in [0.2, 0.25) is 5.95 Å². The van der Waals surface area contributed by atoms with Crippen LogP contribution in [-0.4, -0.2) is 40.9 Å². The Labute approximate surface area is 87.2 Å². The molecule has 1 aromatic heterocycles. The molecule has 15 heavy (non-hydrogen) atoms. The maximum absolute atomic E-state index is 11.3. The van der Waals surface area contributed by atoms with Gasteiger partial charge in [-0.1, -0.05) is 0 Å². The lowest BCUT2D eigenvalue weighted by Crippen LogP contribution is -2.27. The summed E-state index contributed by atoms with van der Waals surface area (Å²) in [6.45, 7) is 3.93. The van der Waals surface area contributed by atoms with E-state index in [-0.39, 0.29) is 17.9 Å². The number of aromatic amines is 1. The lowest BCUT2D eigenvalue weighted by molar-refractivity contribution is -0.124. The zero-order valence-corrected chi connectivity index (χ0v) is 8.90. The summed E-state index contributed by atoms with van der Waals surface area (Å²) in [4.78, 5) is 15.2. The third-order valence-corrected chi connectivity index (χ3v) is 1.70. The van der Waals surface area contributed by atoms with Crippen molar-refractivity contribution < 1.29 is 14.3 Å². The summed E-state index contributed by atoms with van der Waals surface area (Å²) in [5.74, 6) is -0.0518. The Balaban J connectivity index is 2.53. The molecule has 0 radical (unpaired) electrons. The van der Waals surface area contributed by atoms with Crippen LogP contribution in [0.2, 0.25) is 0 Å². The average molecular weight is 214 g/mol. The summed E-state index contributed by atoms with van der Waals surface area (Å²) in [6.07, 6.45) is -0.536. The average Bonchev–Trinajstić information content (AvgIpc) is 2.65. The highest BCUT2D eigenvalue weighted by Gasteiger charge is 2.13. The van der Waals surface area contributed by atoms with E-state index >= 15 is 0 Å². The van der Waals surface area contributed by atoms with E-state index in [2.05, 4.69) is 20.5 Å². The highest BCUT2D eigenvalue weighted by Crippen LogP contribution is 2.05. The van der Waals surface area contributed by atoms with Gasteiger partial charge < -0.3 is 9.47 Å². The molecule has 1 rings (SSSR count). The number of H-pyrrole nitrogens is 1. The van der Waals surface area contributed by atoms with Crippen LogP contribution in [0.15, 0.2) is 0 Å². The van der Waals surface area contributed by atoms with Gasteiger partial charge in [-0.2, -0.15) is 4.98 Å². The summed E-state index contributed by atoms with van der Waals surface area (Å²) in [5, 5.41) is 8.76. The van der Waals surface area contributed by atoms with Gasteiger partial charge in [-0.05, 0) is 13.8 Å². The molecular formula is C8H14N4O3. The van der Waals surface area contributed by atoms with Crippen molar-refractivity contribution in [3.8, 4) is 6.01 Å². The number of nitrogens with one attached hydrogen (secondary N) is 2. The van der Waals surface area contributed by atoms with Gasteiger partial charge in [0.25, 0.3) is 5.91 Å². The summed E-state index contributed by atoms with van der Waals surface area (Å²) >= 11 is 0. The molecule has 7 nitrogen and oxygen atoms in total. The van der Waals surface area contributed by atoms with E-state index in [0.29, 0.717) is 6.61 Å². The van der Waals surface area contributed by atoms with Gasteiger partial charge in [0.1, 0.15) is 6.10 Å². The van der Waals surface area contributed by atoms with Gasteiger partial charge in [-0.25, -0.2) is 5.10 Å². The minimum absolute atomic E-state index is 0.206. The zero-order chi connectivity index (χ0) is 11.3. The molecule has 0 saturated heterocycles. The van der Waals surface area contributed by atoms with Crippen molar-refractivity contribution in [1.82, 2.24) is 15.2 Å². The van der Waals surface area contributed by atoms with E-state index in [1.54, 1.807) is 6.92 Å². The first-order chi connectivity index (χ1) is 7.17. The fraction of sp³-hybridized carbons (Fsp3) is 0.625. The van der Waals surface area contributed by atoms with Crippen molar-refractivity contribution in [3.63, 3.8) is 0 Å². The Hall–Kier alpha value is -1.63. The van der Waals surface area contributed by atoms with E-state index < -0.39 is 6.10 Å². The highest BCUT2D eigenvalue weighted by atomic mass is 16.5. The number of carbonyl (C=O) groups is 1. The molecule has 0 bridgehead atoms. The first kappa shape index (κ1) is 11.4. The molecule has 0 spiro atoms. The van der Waals surface area contributed by atoms with E-state index in [1.165, 1.54) is 7.11 Å². The lowest BCUT2D eigenvalue weighted by atomic mass is 10.4. The molecule has 1 amide bonds. The number of amides is 1. The maximum Gasteiger partial charge on any atom is 0.337 e. The van der Waals surface area contributed by atoms with Gasteiger partial charge in [-0.15, -0.1) is 5.10 Å². The van der Waals surface area contributed by atoms with Crippen LogP contribution in [0.4, 0.5) is 5.95 Å². The molecule has 0 aliphatic heterocycles. The fourth-order valence-corrected chi connectivity index (χ4v) is 0.821. The normalized spacial score (nSPS) is 12.2. The van der Waals surface area contributed by atoms with Crippen LogP contribution >= 0.6 is 0 Å². The molecule has 0 fully saturated rings. The second-order valence-electron chi connectivity index (χ2n) is 2.77. The monoisotopic (exact) mass is 214 g/mol. The van der Waals surface area contributed by atoms with Crippen LogP contribution < -0.4 is 10.1 Å². The van der Waals surface area contributed by atoms with Gasteiger partial charge in [-0.3, -0.25) is 10.1 Å². The number of carbonyl (C=O) groups excluding carboxylic acids is 1. The van der Waals surface area contributed by atoms with Crippen molar-refractivity contribution in [1.29, 1.82) is 0 Å². The summed E-state index contributed by atoms with van der Waals surface area (Å²) in [5.41, 5.74) is 0. The SMILES string of the molecule is CCOc1n[nH]c(NC(=O)C(C)OC)n1. The number of methoxy groups -OCH3 is 1. The fourth-order valence-electron chi connectivity index (χ4n) is 0.821. The van der Waals surface area contributed by atoms with Crippen LogP contribution in [0.25, 0.3) is 0 Å². The number of anilines is 1. The summed E-state index contributed by atoms with van der Waals surface area (Å²) in [6, 6.07) is 0.206. The van der Waals surface area contributed by atoms with Gasteiger partial charge >= 0.3 is 6.01 Å². The van der Waals surface area contributed by atoms with E-state index in [0.717, 1.165) is 0 Å². The van der Waals surface area contributed by atoms with Crippen molar-refractivity contribution in [3.05, 3.63) is 0 Å². The number of hydrogen-bond acceptors (Lipinski definition) is 5. The Kier molecular flexibility index (Phi) is 4.04. The first-order valence-electron chi connectivity index (χ1n) is 4.56. The first-order valence-corrected chi connectivity index (χ1v) is 4.56. The Morgan fingerprint density at radius 2 is 2.40 bits per heavy atom. The molecule has 1 unspecified atom stereocenters. The minimum atomic E-state index is -0.536. The largest absolute Gasteiger partial charge is 0.463 e. The summed E-state index contributed by atoms with van der Waals surface area (Å²) in [7, 11) is 1.45. The van der Waals surface area contributed by atoms with Gasteiger partial charge in [0.05, 0.1) is 6.61 Å². The van der Waals surface area contributed by atoms with Crippen LogP contribution in [0.5, 0.6) is 6.01 Å². The highest BCUT2D eigenvalue weighted by molar-refractivity contribution is 5.92. The molecule has 0 aliphatic rings. The van der Waals surface area contributed by atoms with Crippen LogP contribution in [0, 0.1) is 0 Å². The standard InChI is InChI=1S/C8H14N4O3/c1-4-15-8-10-7(11-12-8)9-6(13)5(2)14-3/h5H,4H2,1-3H3,(H2,9,10,11,12,13). The van der Waals surface area contributed by atoms with Crippen molar-refractivity contribution >= 4 is 11.9 Å². The predicted octanol–water partition coefficient (Wildman–Crippen LogP) is 0.177. The minimum Gasteiger partial charge on any atom is -0.463 e. The number of ether oxygens (including phenoxy) is 2. The molecule has 2 N–H and O–H groups in total. The quantitative estimate of drug-likeness (QED) is 0.729. The molecule has 0 aromatic carbocycles. The maximum atomic E-state index is 11.3. The molecule has 1 atom stereocenters. The molecule has 0 saturated carbocycles. The van der Waals surface area contributed by atoms with E-state index in [9.17, 15) is 4.79 Å². The number of rotatable bonds is 5. The number of hydrogen-bond donors (Lipinski definition) is 2. The third-order valence-electron chi connectivity index (χ3n) is 1.70. The van der Waals surface area contributed by atoms with Crippen LogP contribution in [0.1, 0.15) is 13.8 Å².